The van der Waals surface area contributed by atoms with Crippen molar-refractivity contribution in [3.05, 3.63) is 11.5 Å². The summed E-state index contributed by atoms with van der Waals surface area (Å²) in [5.74, 6) is -0.212. The largest absolute Gasteiger partial charge is 0.492 e. The maximum Gasteiger partial charge on any atom is 0.492 e. The summed E-state index contributed by atoms with van der Waals surface area (Å²) in [4.78, 5) is 12.4. The summed E-state index contributed by atoms with van der Waals surface area (Å²) >= 11 is 0. The van der Waals surface area contributed by atoms with Gasteiger partial charge in [0.15, 0.2) is 8.32 Å². The van der Waals surface area contributed by atoms with Crippen LogP contribution >= 0.6 is 0 Å². The highest BCUT2D eigenvalue weighted by atomic mass is 28.4. The Labute approximate surface area is 221 Å². The van der Waals surface area contributed by atoms with Gasteiger partial charge in [0, 0.05) is 20.0 Å². The first-order chi connectivity index (χ1) is 16.6. The highest BCUT2D eigenvalue weighted by Crippen LogP contribution is 2.44. The van der Waals surface area contributed by atoms with Gasteiger partial charge in [-0.05, 0) is 78.5 Å². The van der Waals surface area contributed by atoms with Crippen LogP contribution in [0.4, 0.5) is 0 Å². The molecule has 2 aliphatic rings. The van der Waals surface area contributed by atoms with E-state index < -0.39 is 37.7 Å². The minimum Gasteiger partial charge on any atom is -0.465 e. The number of esters is 1. The molecule has 0 radical (unpaired) electrons. The first-order valence-electron chi connectivity index (χ1n) is 13.6. The second-order valence-electron chi connectivity index (χ2n) is 12.4. The molecule has 1 fully saturated rings. The minimum atomic E-state index is -1.96. The summed E-state index contributed by atoms with van der Waals surface area (Å²) in [6.45, 7) is 21.0. The molecule has 0 unspecified atom stereocenters. The van der Waals surface area contributed by atoms with Gasteiger partial charge in [-0.25, -0.2) is 0 Å². The van der Waals surface area contributed by atoms with Crippen LogP contribution in [0.3, 0.4) is 0 Å². The van der Waals surface area contributed by atoms with E-state index in [9.17, 15) is 4.79 Å². The van der Waals surface area contributed by atoms with Gasteiger partial charge >= 0.3 is 13.1 Å². The minimum absolute atomic E-state index is 0.164. The Morgan fingerprint density at radius 3 is 2.11 bits per heavy atom. The van der Waals surface area contributed by atoms with Crippen molar-refractivity contribution in [1.82, 2.24) is 0 Å². The molecule has 9 heteroatoms. The molecule has 2 atom stereocenters. The average Bonchev–Trinajstić information content (AvgIpc) is 3.02. The van der Waals surface area contributed by atoms with Crippen molar-refractivity contribution in [2.75, 3.05) is 20.5 Å². The van der Waals surface area contributed by atoms with Crippen LogP contribution in [0.2, 0.25) is 18.1 Å². The van der Waals surface area contributed by atoms with Crippen molar-refractivity contribution >= 4 is 21.4 Å². The molecular weight excluding hydrogens is 475 g/mol. The fraction of sp³-hybridized carbons (Fsp3) is 0.889. The van der Waals surface area contributed by atoms with Gasteiger partial charge in [0.05, 0.1) is 34.9 Å². The highest BCUT2D eigenvalue weighted by Gasteiger charge is 2.55. The molecule has 1 heterocycles. The summed E-state index contributed by atoms with van der Waals surface area (Å²) in [7, 11) is -0.799. The maximum absolute atomic E-state index is 12.4. The smallest absolute Gasteiger partial charge is 0.465 e. The van der Waals surface area contributed by atoms with Crippen molar-refractivity contribution in [1.29, 1.82) is 0 Å². The predicted octanol–water partition coefficient (Wildman–Crippen LogP) is 6.07. The third-order valence-electron chi connectivity index (χ3n) is 8.38. The third-order valence-corrected chi connectivity index (χ3v) is 13.0. The molecule has 0 bridgehead atoms. The summed E-state index contributed by atoms with van der Waals surface area (Å²) in [6, 6.07) is 3.13. The second-order valence-corrected chi connectivity index (χ2v) is 17.1. The van der Waals surface area contributed by atoms with E-state index in [1.165, 1.54) is 0 Å². The number of carbonyl (C=O) groups excluding carboxylic acids is 1. The van der Waals surface area contributed by atoms with Crippen LogP contribution in [-0.4, -0.2) is 64.8 Å². The Morgan fingerprint density at radius 2 is 1.64 bits per heavy atom. The molecule has 36 heavy (non-hydrogen) atoms. The summed E-state index contributed by atoms with van der Waals surface area (Å²) < 4.78 is 37.3. The van der Waals surface area contributed by atoms with E-state index in [2.05, 4.69) is 54.5 Å². The molecule has 208 valence electrons. The van der Waals surface area contributed by atoms with Gasteiger partial charge in [0.1, 0.15) is 6.79 Å². The standard InChI is InChI=1S/C27H51BO7Si/c1-12-36(13-2,14-3)33-22-19-27(32-20-30-11,17-18-31-23(29)24(4,5)6)16-15-21(22)28-34-25(7,8)26(9,10)35-28/h15,22H,12-14,16-20H2,1-11H3/t22-,27+/m1/s1. The average molecular weight is 527 g/mol. The monoisotopic (exact) mass is 526 g/mol. The molecule has 0 spiro atoms. The zero-order chi connectivity index (χ0) is 27.4. The lowest BCUT2D eigenvalue weighted by molar-refractivity contribution is -0.164. The Morgan fingerprint density at radius 1 is 1.08 bits per heavy atom. The zero-order valence-corrected chi connectivity index (χ0v) is 25.7. The van der Waals surface area contributed by atoms with E-state index in [4.69, 9.17) is 27.9 Å². The van der Waals surface area contributed by atoms with Gasteiger partial charge in [0.2, 0.25) is 0 Å². The lowest BCUT2D eigenvalue weighted by Crippen LogP contribution is -2.50. The molecule has 7 nitrogen and oxygen atoms in total. The van der Waals surface area contributed by atoms with E-state index in [0.29, 0.717) is 19.3 Å². The predicted molar refractivity (Wildman–Crippen MR) is 146 cm³/mol. The lowest BCUT2D eigenvalue weighted by atomic mass is 9.67. The SMILES string of the molecule is CC[Si](CC)(CC)O[C@@H]1C[C@](CCOC(=O)C(C)(C)C)(OCOC)CC=C1B1OC(C)(C)C(C)(C)O1. The topological polar surface area (TPSA) is 72.5 Å². The lowest BCUT2D eigenvalue weighted by Gasteiger charge is -2.44. The van der Waals surface area contributed by atoms with E-state index in [1.807, 2.05) is 20.8 Å². The molecule has 2 rings (SSSR count). The molecule has 0 amide bonds. The number of hydrogen-bond donors (Lipinski definition) is 0. The van der Waals surface area contributed by atoms with Crippen molar-refractivity contribution in [3.63, 3.8) is 0 Å². The van der Waals surface area contributed by atoms with Crippen LogP contribution in [0.15, 0.2) is 11.5 Å². The van der Waals surface area contributed by atoms with Gasteiger partial charge in [-0.1, -0.05) is 26.8 Å². The van der Waals surface area contributed by atoms with Crippen molar-refractivity contribution in [2.24, 2.45) is 5.41 Å². The van der Waals surface area contributed by atoms with Crippen molar-refractivity contribution in [3.8, 4) is 0 Å². The van der Waals surface area contributed by atoms with Crippen LogP contribution in [0.5, 0.6) is 0 Å². The Kier molecular flexibility index (Phi) is 10.5. The normalized spacial score (nSPS) is 26.1. The third kappa shape index (κ3) is 7.23. The number of ether oxygens (including phenoxy) is 3. The van der Waals surface area contributed by atoms with Crippen molar-refractivity contribution < 1.29 is 32.7 Å². The molecule has 0 aromatic carbocycles. The van der Waals surface area contributed by atoms with Crippen LogP contribution in [-0.2, 0) is 32.7 Å². The number of hydrogen-bond acceptors (Lipinski definition) is 7. The first-order valence-corrected chi connectivity index (χ1v) is 16.2. The van der Waals surface area contributed by atoms with Gasteiger partial charge in [0.25, 0.3) is 0 Å². The molecule has 1 aliphatic heterocycles. The highest BCUT2D eigenvalue weighted by molar-refractivity contribution is 6.73. The zero-order valence-electron chi connectivity index (χ0n) is 24.7. The Bertz CT molecular complexity index is 748. The first kappa shape index (κ1) is 31.5. The van der Waals surface area contributed by atoms with E-state index in [0.717, 1.165) is 23.6 Å². The summed E-state index contributed by atoms with van der Waals surface area (Å²) in [6.07, 6.45) is 3.81. The van der Waals surface area contributed by atoms with Crippen LogP contribution in [0.1, 0.15) is 88.5 Å². The van der Waals surface area contributed by atoms with Gasteiger partial charge in [-0.15, -0.1) is 0 Å². The van der Waals surface area contributed by atoms with Crippen molar-refractivity contribution in [2.45, 2.75) is 130 Å². The Balaban J connectivity index is 2.38. The molecule has 1 aliphatic carbocycles. The van der Waals surface area contributed by atoms with Crippen LogP contribution < -0.4 is 0 Å². The fourth-order valence-corrected chi connectivity index (χ4v) is 7.56. The second kappa shape index (κ2) is 12.0. The summed E-state index contributed by atoms with van der Waals surface area (Å²) in [5.41, 5.74) is -0.928. The quantitative estimate of drug-likeness (QED) is 0.174. The van der Waals surface area contributed by atoms with E-state index in [1.54, 1.807) is 7.11 Å². The fourth-order valence-electron chi connectivity index (χ4n) is 4.74. The van der Waals surface area contributed by atoms with Crippen LogP contribution in [0.25, 0.3) is 0 Å². The summed E-state index contributed by atoms with van der Waals surface area (Å²) in [5, 5.41) is 0. The molecule has 0 saturated carbocycles. The molecule has 0 N–H and O–H groups in total. The molecular formula is C27H51BO7Si. The number of carbonyl (C=O) groups is 1. The number of rotatable bonds is 12. The van der Waals surface area contributed by atoms with E-state index in [-0.39, 0.29) is 25.5 Å². The van der Waals surface area contributed by atoms with Gasteiger partial charge in [-0.2, -0.15) is 0 Å². The molecule has 0 aromatic rings. The maximum atomic E-state index is 12.4. The Hall–Kier alpha value is -0.708. The molecule has 1 saturated heterocycles. The number of methoxy groups -OCH3 is 1. The van der Waals surface area contributed by atoms with Gasteiger partial charge < -0.3 is 27.9 Å². The van der Waals surface area contributed by atoms with Crippen LogP contribution in [0, 0.1) is 5.41 Å². The van der Waals surface area contributed by atoms with E-state index >= 15 is 0 Å². The molecule has 0 aromatic heterocycles. The van der Waals surface area contributed by atoms with Gasteiger partial charge in [-0.3, -0.25) is 4.79 Å².